The minimum atomic E-state index is 0.545. The lowest BCUT2D eigenvalue weighted by atomic mass is 9.68. The summed E-state index contributed by atoms with van der Waals surface area (Å²) in [5, 5.41) is 0. The van der Waals surface area contributed by atoms with Crippen molar-refractivity contribution in [3.63, 3.8) is 0 Å². The molecule has 0 aliphatic heterocycles. The molecule has 0 saturated heterocycles. The lowest BCUT2D eigenvalue weighted by molar-refractivity contribution is 0.122. The molecule has 0 bridgehead atoms. The quantitative estimate of drug-likeness (QED) is 0.576. The molecule has 88 valence electrons. The molecule has 0 heterocycles. The average Bonchev–Trinajstić information content (AvgIpc) is 2.69. The maximum Gasteiger partial charge on any atom is -0.0334 e. The fourth-order valence-electron chi connectivity index (χ4n) is 4.39. The molecule has 3 unspecified atom stereocenters. The highest BCUT2D eigenvalue weighted by Crippen LogP contribution is 2.51. The third kappa shape index (κ3) is 2.24. The first-order valence-electron chi connectivity index (χ1n) is 7.00. The molecule has 2 rings (SSSR count). The second kappa shape index (κ2) is 4.11. The highest BCUT2D eigenvalue weighted by molar-refractivity contribution is 4.92. The molecule has 0 aromatic rings. The third-order valence-corrected chi connectivity index (χ3v) is 5.16. The average molecular weight is 208 g/mol. The summed E-state index contributed by atoms with van der Waals surface area (Å²) in [6, 6.07) is 0. The predicted octanol–water partition coefficient (Wildman–Crippen LogP) is 4.89. The van der Waals surface area contributed by atoms with E-state index in [-0.39, 0.29) is 0 Å². The molecule has 2 aliphatic rings. The molecule has 0 nitrogen and oxygen atoms in total. The van der Waals surface area contributed by atoms with Crippen LogP contribution >= 0.6 is 0 Å². The molecule has 0 heteroatoms. The van der Waals surface area contributed by atoms with Crippen molar-refractivity contribution in [2.24, 2.45) is 29.1 Å². The van der Waals surface area contributed by atoms with Crippen LogP contribution in [-0.4, -0.2) is 0 Å². The van der Waals surface area contributed by atoms with Gasteiger partial charge < -0.3 is 0 Å². The van der Waals surface area contributed by atoms with Gasteiger partial charge in [-0.2, -0.15) is 0 Å². The first-order valence-corrected chi connectivity index (χ1v) is 7.00. The first-order chi connectivity index (χ1) is 7.00. The van der Waals surface area contributed by atoms with E-state index in [9.17, 15) is 0 Å². The van der Waals surface area contributed by atoms with Crippen molar-refractivity contribution in [1.82, 2.24) is 0 Å². The van der Waals surface area contributed by atoms with Gasteiger partial charge in [-0.3, -0.25) is 0 Å². The molecule has 0 aromatic carbocycles. The van der Waals surface area contributed by atoms with Gasteiger partial charge in [0, 0.05) is 0 Å². The van der Waals surface area contributed by atoms with Gasteiger partial charge in [0.1, 0.15) is 0 Å². The molecule has 0 aromatic heterocycles. The summed E-state index contributed by atoms with van der Waals surface area (Å²) in [4.78, 5) is 0. The van der Waals surface area contributed by atoms with Gasteiger partial charge in [-0.1, -0.05) is 47.0 Å². The minimum Gasteiger partial charge on any atom is -0.0622 e. The van der Waals surface area contributed by atoms with Crippen molar-refractivity contribution in [2.75, 3.05) is 0 Å². The number of rotatable bonds is 1. The van der Waals surface area contributed by atoms with E-state index in [0.717, 1.165) is 23.7 Å². The zero-order valence-electron chi connectivity index (χ0n) is 11.1. The number of hydrogen-bond acceptors (Lipinski definition) is 0. The van der Waals surface area contributed by atoms with Gasteiger partial charge in [0.2, 0.25) is 0 Å². The van der Waals surface area contributed by atoms with E-state index >= 15 is 0 Å². The molecule has 0 spiro atoms. The summed E-state index contributed by atoms with van der Waals surface area (Å²) in [5.74, 6) is 4.14. The molecule has 15 heavy (non-hydrogen) atoms. The Morgan fingerprint density at radius 1 is 0.800 bits per heavy atom. The summed E-state index contributed by atoms with van der Waals surface area (Å²) >= 11 is 0. The van der Waals surface area contributed by atoms with Crippen molar-refractivity contribution >= 4 is 0 Å². The Morgan fingerprint density at radius 3 is 1.93 bits per heavy atom. The van der Waals surface area contributed by atoms with E-state index in [0.29, 0.717) is 5.41 Å². The zero-order chi connectivity index (χ0) is 11.1. The van der Waals surface area contributed by atoms with Crippen molar-refractivity contribution < 1.29 is 0 Å². The largest absolute Gasteiger partial charge is 0.0622 e. The fraction of sp³-hybridized carbons (Fsp3) is 1.00. The summed E-state index contributed by atoms with van der Waals surface area (Å²) in [5.41, 5.74) is 0.545. The molecule has 0 N–H and O–H groups in total. The molecule has 2 aliphatic carbocycles. The molecule has 4 atom stereocenters. The van der Waals surface area contributed by atoms with Crippen LogP contribution in [0.3, 0.4) is 0 Å². The first kappa shape index (κ1) is 11.5. The van der Waals surface area contributed by atoms with Crippen molar-refractivity contribution in [2.45, 2.75) is 66.2 Å². The number of hydrogen-bond donors (Lipinski definition) is 0. The van der Waals surface area contributed by atoms with Crippen LogP contribution in [0.25, 0.3) is 0 Å². The van der Waals surface area contributed by atoms with Crippen molar-refractivity contribution in [3.05, 3.63) is 0 Å². The highest BCUT2D eigenvalue weighted by Gasteiger charge is 2.42. The second-order valence-electron chi connectivity index (χ2n) is 7.14. The van der Waals surface area contributed by atoms with Gasteiger partial charge >= 0.3 is 0 Å². The smallest absolute Gasteiger partial charge is 0.0334 e. The standard InChI is InChI=1S/C15H28/c1-11-7-5-8-12(11)13-9-6-10-14(13)15(2,3)4/h11-14H,5-10H2,1-4H3/t11-,12?,13?,14?/m1/s1. The molecule has 0 radical (unpaired) electrons. The van der Waals surface area contributed by atoms with E-state index in [2.05, 4.69) is 27.7 Å². The molecule has 2 fully saturated rings. The Morgan fingerprint density at radius 2 is 1.40 bits per heavy atom. The van der Waals surface area contributed by atoms with Crippen LogP contribution in [0, 0.1) is 29.1 Å². The summed E-state index contributed by atoms with van der Waals surface area (Å²) in [6.45, 7) is 9.86. The maximum atomic E-state index is 2.50. The Balaban J connectivity index is 2.07. The Labute approximate surface area is 95.8 Å². The second-order valence-corrected chi connectivity index (χ2v) is 7.14. The zero-order valence-corrected chi connectivity index (χ0v) is 11.1. The minimum absolute atomic E-state index is 0.545. The molecule has 0 amide bonds. The monoisotopic (exact) mass is 208 g/mol. The van der Waals surface area contributed by atoms with Gasteiger partial charge in [0.05, 0.1) is 0 Å². The van der Waals surface area contributed by atoms with Gasteiger partial charge in [-0.05, 0) is 48.3 Å². The lowest BCUT2D eigenvalue weighted by Crippen LogP contribution is -2.30. The van der Waals surface area contributed by atoms with Crippen LogP contribution in [0.2, 0.25) is 0 Å². The lowest BCUT2D eigenvalue weighted by Gasteiger charge is -2.37. The van der Waals surface area contributed by atoms with Crippen LogP contribution in [0.4, 0.5) is 0 Å². The normalized spacial score (nSPS) is 42.4. The van der Waals surface area contributed by atoms with Crippen molar-refractivity contribution in [1.29, 1.82) is 0 Å². The summed E-state index contributed by atoms with van der Waals surface area (Å²) in [7, 11) is 0. The van der Waals surface area contributed by atoms with Gasteiger partial charge in [0.25, 0.3) is 0 Å². The Bertz CT molecular complexity index is 211. The SMILES string of the molecule is C[C@@H]1CCCC1C1CCCC1C(C)(C)C. The van der Waals surface area contributed by atoms with E-state index in [4.69, 9.17) is 0 Å². The highest BCUT2D eigenvalue weighted by atomic mass is 14.5. The maximum absolute atomic E-state index is 2.50. The fourth-order valence-corrected chi connectivity index (χ4v) is 4.39. The van der Waals surface area contributed by atoms with Crippen LogP contribution in [-0.2, 0) is 0 Å². The van der Waals surface area contributed by atoms with E-state index < -0.39 is 0 Å². The Kier molecular flexibility index (Phi) is 3.14. The van der Waals surface area contributed by atoms with Crippen molar-refractivity contribution in [3.8, 4) is 0 Å². The van der Waals surface area contributed by atoms with Gasteiger partial charge in [0.15, 0.2) is 0 Å². The summed E-state index contributed by atoms with van der Waals surface area (Å²) in [6.07, 6.45) is 9.04. The van der Waals surface area contributed by atoms with Crippen LogP contribution in [0.1, 0.15) is 66.2 Å². The van der Waals surface area contributed by atoms with E-state index in [1.54, 1.807) is 0 Å². The van der Waals surface area contributed by atoms with Crippen LogP contribution < -0.4 is 0 Å². The van der Waals surface area contributed by atoms with Gasteiger partial charge in [-0.25, -0.2) is 0 Å². The summed E-state index contributed by atoms with van der Waals surface area (Å²) < 4.78 is 0. The van der Waals surface area contributed by atoms with Crippen LogP contribution in [0.5, 0.6) is 0 Å². The van der Waals surface area contributed by atoms with Crippen LogP contribution in [0.15, 0.2) is 0 Å². The third-order valence-electron chi connectivity index (χ3n) is 5.16. The molecular weight excluding hydrogens is 180 g/mol. The Hall–Kier alpha value is 0. The molecular formula is C15H28. The van der Waals surface area contributed by atoms with E-state index in [1.807, 2.05) is 0 Å². The van der Waals surface area contributed by atoms with E-state index in [1.165, 1.54) is 38.5 Å². The molecule has 2 saturated carbocycles. The van der Waals surface area contributed by atoms with Gasteiger partial charge in [-0.15, -0.1) is 0 Å². The topological polar surface area (TPSA) is 0 Å². The predicted molar refractivity (Wildman–Crippen MR) is 66.8 cm³/mol.